The summed E-state index contributed by atoms with van der Waals surface area (Å²) in [6.45, 7) is 4.96. The summed E-state index contributed by atoms with van der Waals surface area (Å²) < 4.78 is 5.42. The van der Waals surface area contributed by atoms with Gasteiger partial charge < -0.3 is 15.8 Å². The first kappa shape index (κ1) is 13.1. The van der Waals surface area contributed by atoms with Gasteiger partial charge in [0.05, 0.1) is 18.6 Å². The molecule has 4 heteroatoms. The molecule has 1 aromatic carbocycles. The lowest BCUT2D eigenvalue weighted by molar-refractivity contribution is -0.119. The minimum absolute atomic E-state index is 0.0385. The highest BCUT2D eigenvalue weighted by atomic mass is 16.5. The minimum atomic E-state index is -0.0408. The number of benzene rings is 1. The van der Waals surface area contributed by atoms with Crippen molar-refractivity contribution < 1.29 is 9.53 Å². The average Bonchev–Trinajstić information content (AvgIpc) is 2.79. The molecule has 1 fully saturated rings. The molecule has 0 bridgehead atoms. The van der Waals surface area contributed by atoms with Crippen molar-refractivity contribution >= 4 is 11.6 Å². The molecule has 1 amide bonds. The van der Waals surface area contributed by atoms with Gasteiger partial charge in [0, 0.05) is 12.2 Å². The zero-order valence-electron chi connectivity index (χ0n) is 10.9. The first-order valence-electron chi connectivity index (χ1n) is 6.32. The van der Waals surface area contributed by atoms with Crippen LogP contribution >= 0.6 is 0 Å². The number of hydrogen-bond donors (Lipinski definition) is 2. The Morgan fingerprint density at radius 2 is 2.33 bits per heavy atom. The van der Waals surface area contributed by atoms with Crippen LogP contribution in [-0.2, 0) is 16.1 Å². The van der Waals surface area contributed by atoms with E-state index in [0.717, 1.165) is 23.2 Å². The maximum Gasteiger partial charge on any atom is 0.229 e. The molecule has 1 aliphatic heterocycles. The quantitative estimate of drug-likeness (QED) is 0.857. The number of hydrogen-bond acceptors (Lipinski definition) is 3. The molecule has 0 radical (unpaired) electrons. The fourth-order valence-electron chi connectivity index (χ4n) is 2.17. The lowest BCUT2D eigenvalue weighted by Crippen LogP contribution is -2.23. The normalized spacial score (nSPS) is 23.1. The molecule has 2 unspecified atom stereocenters. The van der Waals surface area contributed by atoms with Crippen LogP contribution in [0.15, 0.2) is 18.2 Å². The second-order valence-electron chi connectivity index (χ2n) is 4.92. The summed E-state index contributed by atoms with van der Waals surface area (Å²) in [5.74, 6) is -0.00226. The van der Waals surface area contributed by atoms with E-state index in [1.165, 1.54) is 0 Å². The van der Waals surface area contributed by atoms with Crippen LogP contribution in [0.3, 0.4) is 0 Å². The second-order valence-corrected chi connectivity index (χ2v) is 4.92. The van der Waals surface area contributed by atoms with Gasteiger partial charge in [-0.15, -0.1) is 0 Å². The minimum Gasteiger partial charge on any atom is -0.378 e. The molecule has 0 aliphatic carbocycles. The van der Waals surface area contributed by atoms with Crippen molar-refractivity contribution in [3.8, 4) is 0 Å². The van der Waals surface area contributed by atoms with E-state index in [4.69, 9.17) is 10.5 Å². The van der Waals surface area contributed by atoms with Gasteiger partial charge in [-0.05, 0) is 37.5 Å². The predicted octanol–water partition coefficient (Wildman–Crippen LogP) is 1.82. The molecule has 2 rings (SSSR count). The molecule has 1 aromatic rings. The maximum absolute atomic E-state index is 12.1. The van der Waals surface area contributed by atoms with E-state index in [9.17, 15) is 4.79 Å². The van der Waals surface area contributed by atoms with E-state index in [1.807, 2.05) is 32.0 Å². The number of aryl methyl sites for hydroxylation is 1. The molecule has 1 aliphatic rings. The lowest BCUT2D eigenvalue weighted by Gasteiger charge is -2.12. The monoisotopic (exact) mass is 248 g/mol. The van der Waals surface area contributed by atoms with Gasteiger partial charge in [-0.3, -0.25) is 4.79 Å². The molecule has 1 heterocycles. The van der Waals surface area contributed by atoms with Crippen LogP contribution in [0.1, 0.15) is 24.5 Å². The lowest BCUT2D eigenvalue weighted by atomic mass is 10.0. The van der Waals surface area contributed by atoms with Gasteiger partial charge in [-0.25, -0.2) is 0 Å². The van der Waals surface area contributed by atoms with Gasteiger partial charge in [0.15, 0.2) is 0 Å². The van der Waals surface area contributed by atoms with Crippen LogP contribution in [0.4, 0.5) is 5.69 Å². The van der Waals surface area contributed by atoms with Crippen LogP contribution in [0.2, 0.25) is 0 Å². The molecule has 0 saturated carbocycles. The van der Waals surface area contributed by atoms with Crippen molar-refractivity contribution in [3.05, 3.63) is 29.3 Å². The van der Waals surface area contributed by atoms with E-state index in [0.29, 0.717) is 13.2 Å². The third kappa shape index (κ3) is 2.89. The van der Waals surface area contributed by atoms with Crippen LogP contribution in [0, 0.1) is 12.8 Å². The zero-order valence-corrected chi connectivity index (χ0v) is 10.9. The highest BCUT2D eigenvalue weighted by Gasteiger charge is 2.28. The summed E-state index contributed by atoms with van der Waals surface area (Å²) >= 11 is 0. The molecular formula is C14H20N2O2. The van der Waals surface area contributed by atoms with Crippen molar-refractivity contribution in [2.45, 2.75) is 32.9 Å². The topological polar surface area (TPSA) is 64.3 Å². The largest absolute Gasteiger partial charge is 0.378 e. The number of rotatable bonds is 3. The summed E-state index contributed by atoms with van der Waals surface area (Å²) in [5, 5.41) is 2.97. The summed E-state index contributed by atoms with van der Waals surface area (Å²) in [6.07, 6.45) is 0.971. The number of carbonyl (C=O) groups is 1. The van der Waals surface area contributed by atoms with Gasteiger partial charge >= 0.3 is 0 Å². The third-order valence-corrected chi connectivity index (χ3v) is 3.36. The Balaban J connectivity index is 2.06. The second kappa shape index (κ2) is 5.50. The van der Waals surface area contributed by atoms with Crippen molar-refractivity contribution in [2.24, 2.45) is 11.7 Å². The third-order valence-electron chi connectivity index (χ3n) is 3.36. The Morgan fingerprint density at radius 1 is 1.56 bits per heavy atom. The van der Waals surface area contributed by atoms with Crippen molar-refractivity contribution in [1.29, 1.82) is 0 Å². The number of ether oxygens (including phenoxy) is 1. The van der Waals surface area contributed by atoms with Gasteiger partial charge in [-0.1, -0.05) is 12.1 Å². The fourth-order valence-corrected chi connectivity index (χ4v) is 2.17. The van der Waals surface area contributed by atoms with Crippen LogP contribution in [-0.4, -0.2) is 18.6 Å². The predicted molar refractivity (Wildman–Crippen MR) is 71.2 cm³/mol. The standard InChI is InChI=1S/C14H20N2O2/c1-9-3-4-11(7-15)6-13(9)16-14(17)12-5-10(2)18-8-12/h3-4,6,10,12H,5,7-8,15H2,1-2H3,(H,16,17). The molecule has 1 saturated heterocycles. The van der Waals surface area contributed by atoms with E-state index in [-0.39, 0.29) is 17.9 Å². The Morgan fingerprint density at radius 3 is 2.94 bits per heavy atom. The maximum atomic E-state index is 12.1. The highest BCUT2D eigenvalue weighted by molar-refractivity contribution is 5.93. The van der Waals surface area contributed by atoms with E-state index in [1.54, 1.807) is 0 Å². The number of amides is 1. The Kier molecular flexibility index (Phi) is 3.99. The van der Waals surface area contributed by atoms with E-state index in [2.05, 4.69) is 5.32 Å². The smallest absolute Gasteiger partial charge is 0.229 e. The van der Waals surface area contributed by atoms with Crippen LogP contribution < -0.4 is 11.1 Å². The van der Waals surface area contributed by atoms with Crippen molar-refractivity contribution in [2.75, 3.05) is 11.9 Å². The zero-order chi connectivity index (χ0) is 13.1. The number of anilines is 1. The first-order chi connectivity index (χ1) is 8.60. The van der Waals surface area contributed by atoms with E-state index < -0.39 is 0 Å². The molecule has 3 N–H and O–H groups in total. The van der Waals surface area contributed by atoms with E-state index >= 15 is 0 Å². The first-order valence-corrected chi connectivity index (χ1v) is 6.32. The number of nitrogens with one attached hydrogen (secondary N) is 1. The van der Waals surface area contributed by atoms with Gasteiger partial charge in [0.1, 0.15) is 0 Å². The van der Waals surface area contributed by atoms with Gasteiger partial charge in [0.2, 0.25) is 5.91 Å². The molecule has 18 heavy (non-hydrogen) atoms. The number of nitrogens with two attached hydrogens (primary N) is 1. The Hall–Kier alpha value is -1.39. The average molecular weight is 248 g/mol. The Bertz CT molecular complexity index is 445. The van der Waals surface area contributed by atoms with Gasteiger partial charge in [0.25, 0.3) is 0 Å². The summed E-state index contributed by atoms with van der Waals surface area (Å²) in [5.41, 5.74) is 8.53. The molecule has 4 nitrogen and oxygen atoms in total. The molecule has 98 valence electrons. The van der Waals surface area contributed by atoms with Crippen molar-refractivity contribution in [3.63, 3.8) is 0 Å². The Labute approximate surface area is 108 Å². The summed E-state index contributed by atoms with van der Waals surface area (Å²) in [7, 11) is 0. The summed E-state index contributed by atoms with van der Waals surface area (Å²) in [6, 6.07) is 5.89. The SMILES string of the molecule is Cc1ccc(CN)cc1NC(=O)C1COC(C)C1. The molecule has 0 spiro atoms. The van der Waals surface area contributed by atoms with Gasteiger partial charge in [-0.2, -0.15) is 0 Å². The van der Waals surface area contributed by atoms with Crippen LogP contribution in [0.5, 0.6) is 0 Å². The molecule has 0 aromatic heterocycles. The van der Waals surface area contributed by atoms with Crippen LogP contribution in [0.25, 0.3) is 0 Å². The highest BCUT2D eigenvalue weighted by Crippen LogP contribution is 2.22. The molecular weight excluding hydrogens is 228 g/mol. The summed E-state index contributed by atoms with van der Waals surface area (Å²) in [4.78, 5) is 12.1. The number of carbonyl (C=O) groups excluding carboxylic acids is 1. The molecule has 2 atom stereocenters. The van der Waals surface area contributed by atoms with Crippen molar-refractivity contribution in [1.82, 2.24) is 0 Å². The fraction of sp³-hybridized carbons (Fsp3) is 0.500.